The Morgan fingerprint density at radius 1 is 1.18 bits per heavy atom. The summed E-state index contributed by atoms with van der Waals surface area (Å²) in [5.74, 6) is -0.683. The van der Waals surface area contributed by atoms with Gasteiger partial charge in [-0.1, -0.05) is 37.3 Å². The molecule has 0 aliphatic heterocycles. The van der Waals surface area contributed by atoms with Crippen molar-refractivity contribution in [2.45, 2.75) is 17.7 Å². The number of halogens is 1. The first-order valence-electron chi connectivity index (χ1n) is 6.82. The fourth-order valence-corrected chi connectivity index (χ4v) is 3.17. The zero-order valence-electron chi connectivity index (χ0n) is 12.4. The van der Waals surface area contributed by atoms with Crippen LogP contribution in [-0.2, 0) is 10.0 Å². The molecule has 0 heterocycles. The largest absolute Gasteiger partial charge is 0.494 e. The van der Waals surface area contributed by atoms with Gasteiger partial charge in [0.05, 0.1) is 12.0 Å². The molecular formula is C16H18FNO3S. The predicted molar refractivity (Wildman–Crippen MR) is 83.0 cm³/mol. The second-order valence-corrected chi connectivity index (χ2v) is 6.73. The van der Waals surface area contributed by atoms with Crippen LogP contribution in [0, 0.1) is 5.82 Å². The maximum Gasteiger partial charge on any atom is 0.240 e. The summed E-state index contributed by atoms with van der Waals surface area (Å²) in [6, 6.07) is 13.1. The van der Waals surface area contributed by atoms with Crippen molar-refractivity contribution >= 4 is 10.0 Å². The molecule has 1 atom stereocenters. The van der Waals surface area contributed by atoms with E-state index >= 15 is 0 Å². The molecule has 2 rings (SSSR count). The van der Waals surface area contributed by atoms with Crippen LogP contribution in [0.25, 0.3) is 0 Å². The van der Waals surface area contributed by atoms with E-state index in [2.05, 4.69) is 4.72 Å². The van der Waals surface area contributed by atoms with Crippen molar-refractivity contribution in [2.75, 3.05) is 13.7 Å². The molecule has 0 aromatic heterocycles. The van der Waals surface area contributed by atoms with Crippen LogP contribution in [-0.4, -0.2) is 22.1 Å². The average molecular weight is 323 g/mol. The number of benzene rings is 2. The van der Waals surface area contributed by atoms with Crippen LogP contribution >= 0.6 is 0 Å². The molecule has 0 aliphatic rings. The first-order valence-corrected chi connectivity index (χ1v) is 8.30. The summed E-state index contributed by atoms with van der Waals surface area (Å²) in [7, 11) is -2.43. The molecule has 0 unspecified atom stereocenters. The number of hydrogen-bond donors (Lipinski definition) is 1. The van der Waals surface area contributed by atoms with Gasteiger partial charge in [0, 0.05) is 6.54 Å². The second kappa shape index (κ2) is 6.89. The fraction of sp³-hybridized carbons (Fsp3) is 0.250. The number of sulfonamides is 1. The molecule has 0 saturated carbocycles. The summed E-state index contributed by atoms with van der Waals surface area (Å²) >= 11 is 0. The van der Waals surface area contributed by atoms with Gasteiger partial charge in [0.1, 0.15) is 0 Å². The van der Waals surface area contributed by atoms with Crippen LogP contribution in [0.15, 0.2) is 53.4 Å². The lowest BCUT2D eigenvalue weighted by Gasteiger charge is -2.13. The Balaban J connectivity index is 2.10. The minimum atomic E-state index is -3.76. The molecule has 6 heteroatoms. The Hall–Kier alpha value is -1.92. The first-order chi connectivity index (χ1) is 10.4. The Morgan fingerprint density at radius 3 is 2.45 bits per heavy atom. The second-order valence-electron chi connectivity index (χ2n) is 4.96. The lowest BCUT2D eigenvalue weighted by Crippen LogP contribution is -2.27. The van der Waals surface area contributed by atoms with E-state index in [9.17, 15) is 12.8 Å². The van der Waals surface area contributed by atoms with Crippen LogP contribution < -0.4 is 9.46 Å². The smallest absolute Gasteiger partial charge is 0.240 e. The van der Waals surface area contributed by atoms with E-state index in [4.69, 9.17) is 4.74 Å². The van der Waals surface area contributed by atoms with Gasteiger partial charge in [-0.3, -0.25) is 0 Å². The normalized spacial score (nSPS) is 12.9. The Kier molecular flexibility index (Phi) is 5.15. The lowest BCUT2D eigenvalue weighted by molar-refractivity contribution is 0.385. The Bertz CT molecular complexity index is 732. The van der Waals surface area contributed by atoms with Gasteiger partial charge < -0.3 is 4.74 Å². The number of rotatable bonds is 6. The monoisotopic (exact) mass is 323 g/mol. The van der Waals surface area contributed by atoms with Crippen LogP contribution in [0.2, 0.25) is 0 Å². The maximum absolute atomic E-state index is 13.6. The molecule has 0 spiro atoms. The SMILES string of the molecule is COc1ccc(S(=O)(=O)NC[C@@H](C)c2ccccc2)cc1F. The molecule has 0 radical (unpaired) electrons. The van der Waals surface area contributed by atoms with Crippen molar-refractivity contribution in [1.29, 1.82) is 0 Å². The van der Waals surface area contributed by atoms with Crippen molar-refractivity contribution < 1.29 is 17.5 Å². The summed E-state index contributed by atoms with van der Waals surface area (Å²) < 4.78 is 45.3. The Morgan fingerprint density at radius 2 is 1.86 bits per heavy atom. The topological polar surface area (TPSA) is 55.4 Å². The van der Waals surface area contributed by atoms with Crippen LogP contribution in [0.4, 0.5) is 4.39 Å². The Labute approximate surface area is 130 Å². The van der Waals surface area contributed by atoms with E-state index in [0.717, 1.165) is 11.6 Å². The number of hydrogen-bond acceptors (Lipinski definition) is 3. The average Bonchev–Trinajstić information content (AvgIpc) is 2.53. The molecule has 0 amide bonds. The number of nitrogens with one attached hydrogen (secondary N) is 1. The highest BCUT2D eigenvalue weighted by atomic mass is 32.2. The van der Waals surface area contributed by atoms with E-state index in [0.29, 0.717) is 0 Å². The molecule has 1 N–H and O–H groups in total. The molecular weight excluding hydrogens is 305 g/mol. The maximum atomic E-state index is 13.6. The predicted octanol–water partition coefficient (Wildman–Crippen LogP) is 2.92. The standard InChI is InChI=1S/C16H18FNO3S/c1-12(13-6-4-3-5-7-13)11-18-22(19,20)14-8-9-16(21-2)15(17)10-14/h3-10,12,18H,11H2,1-2H3/t12-/m1/s1. The third-order valence-corrected chi connectivity index (χ3v) is 4.80. The number of methoxy groups -OCH3 is 1. The molecule has 118 valence electrons. The van der Waals surface area contributed by atoms with Gasteiger partial charge in [-0.25, -0.2) is 17.5 Å². The van der Waals surface area contributed by atoms with E-state index < -0.39 is 15.8 Å². The van der Waals surface area contributed by atoms with E-state index in [1.165, 1.54) is 19.2 Å². The van der Waals surface area contributed by atoms with Gasteiger partial charge in [0.2, 0.25) is 10.0 Å². The zero-order chi connectivity index (χ0) is 16.2. The lowest BCUT2D eigenvalue weighted by atomic mass is 10.0. The van der Waals surface area contributed by atoms with Crippen molar-refractivity contribution in [1.82, 2.24) is 4.72 Å². The van der Waals surface area contributed by atoms with Gasteiger partial charge in [-0.05, 0) is 29.7 Å². The van der Waals surface area contributed by atoms with Crippen LogP contribution in [0.1, 0.15) is 18.4 Å². The van der Waals surface area contributed by atoms with Gasteiger partial charge in [-0.2, -0.15) is 0 Å². The highest BCUT2D eigenvalue weighted by Gasteiger charge is 2.18. The highest BCUT2D eigenvalue weighted by Crippen LogP contribution is 2.21. The van der Waals surface area contributed by atoms with Crippen molar-refractivity contribution in [2.24, 2.45) is 0 Å². The minimum absolute atomic E-state index is 0.0107. The zero-order valence-corrected chi connectivity index (χ0v) is 13.2. The summed E-state index contributed by atoms with van der Waals surface area (Å²) in [4.78, 5) is -0.119. The number of ether oxygens (including phenoxy) is 1. The first kappa shape index (κ1) is 16.5. The van der Waals surface area contributed by atoms with E-state index in [1.54, 1.807) is 0 Å². The molecule has 22 heavy (non-hydrogen) atoms. The van der Waals surface area contributed by atoms with Crippen molar-refractivity contribution in [3.05, 3.63) is 59.9 Å². The molecule has 0 fully saturated rings. The molecule has 2 aromatic carbocycles. The van der Waals surface area contributed by atoms with Gasteiger partial charge in [0.15, 0.2) is 11.6 Å². The fourth-order valence-electron chi connectivity index (χ4n) is 2.03. The highest BCUT2D eigenvalue weighted by molar-refractivity contribution is 7.89. The van der Waals surface area contributed by atoms with Crippen molar-refractivity contribution in [3.63, 3.8) is 0 Å². The summed E-state index contributed by atoms with van der Waals surface area (Å²) in [6.45, 7) is 2.16. The summed E-state index contributed by atoms with van der Waals surface area (Å²) in [5, 5.41) is 0. The molecule has 4 nitrogen and oxygen atoms in total. The molecule has 0 aliphatic carbocycles. The summed E-state index contributed by atoms with van der Waals surface area (Å²) in [5.41, 5.74) is 1.03. The summed E-state index contributed by atoms with van der Waals surface area (Å²) in [6.07, 6.45) is 0. The van der Waals surface area contributed by atoms with Crippen molar-refractivity contribution in [3.8, 4) is 5.75 Å². The minimum Gasteiger partial charge on any atom is -0.494 e. The quantitative estimate of drug-likeness (QED) is 0.889. The van der Waals surface area contributed by atoms with E-state index in [-0.39, 0.29) is 23.1 Å². The third-order valence-electron chi connectivity index (χ3n) is 3.38. The molecule has 0 bridgehead atoms. The molecule has 0 saturated heterocycles. The van der Waals surface area contributed by atoms with Crippen LogP contribution in [0.5, 0.6) is 5.75 Å². The molecule has 2 aromatic rings. The van der Waals surface area contributed by atoms with Gasteiger partial charge in [0.25, 0.3) is 0 Å². The van der Waals surface area contributed by atoms with Gasteiger partial charge in [-0.15, -0.1) is 0 Å². The third kappa shape index (κ3) is 3.84. The van der Waals surface area contributed by atoms with E-state index in [1.807, 2.05) is 37.3 Å². The van der Waals surface area contributed by atoms with Gasteiger partial charge >= 0.3 is 0 Å². The van der Waals surface area contributed by atoms with Crippen LogP contribution in [0.3, 0.4) is 0 Å².